The van der Waals surface area contributed by atoms with Gasteiger partial charge < -0.3 is 5.11 Å². The summed E-state index contributed by atoms with van der Waals surface area (Å²) in [5.41, 5.74) is 2.94. The maximum absolute atomic E-state index is 10.4. The van der Waals surface area contributed by atoms with Crippen LogP contribution >= 0.6 is 0 Å². The Morgan fingerprint density at radius 2 is 2.00 bits per heavy atom. The second-order valence-electron chi connectivity index (χ2n) is 7.44. The van der Waals surface area contributed by atoms with Crippen LogP contribution in [-0.4, -0.2) is 19.7 Å². The zero-order valence-corrected chi connectivity index (χ0v) is 14.6. The van der Waals surface area contributed by atoms with Gasteiger partial charge in [0.1, 0.15) is 5.82 Å². The van der Waals surface area contributed by atoms with Gasteiger partial charge in [-0.25, -0.2) is 0 Å². The third kappa shape index (κ3) is 2.33. The van der Waals surface area contributed by atoms with Crippen molar-refractivity contribution in [2.75, 3.05) is 0 Å². The Hall–Kier alpha value is -2.71. The summed E-state index contributed by atoms with van der Waals surface area (Å²) in [6.45, 7) is 5.49. The molecule has 5 heteroatoms. The summed E-state index contributed by atoms with van der Waals surface area (Å²) in [6.07, 6.45) is 3.82. The lowest BCUT2D eigenvalue weighted by molar-refractivity contribution is 0.0796. The van der Waals surface area contributed by atoms with E-state index >= 15 is 0 Å². The Morgan fingerprint density at radius 1 is 1.24 bits per heavy atom. The number of pyridine rings is 1. The standard InChI is InChI=1S/C20H20N4O/c1-13-6-7-15(14(11-13)12-21)20(8-9-20)18-23-22-17-16(19(2,3)25)5-4-10-24(17)18/h4-7,10-11,25H,8-9H2,1-3H3. The summed E-state index contributed by atoms with van der Waals surface area (Å²) < 4.78 is 1.96. The number of hydrogen-bond acceptors (Lipinski definition) is 4. The van der Waals surface area contributed by atoms with E-state index < -0.39 is 5.60 Å². The monoisotopic (exact) mass is 332 g/mol. The number of aryl methyl sites for hydroxylation is 1. The summed E-state index contributed by atoms with van der Waals surface area (Å²) >= 11 is 0. The highest BCUT2D eigenvalue weighted by Crippen LogP contribution is 2.53. The molecule has 0 spiro atoms. The molecule has 5 nitrogen and oxygen atoms in total. The quantitative estimate of drug-likeness (QED) is 0.799. The van der Waals surface area contributed by atoms with Crippen LogP contribution in [0, 0.1) is 18.3 Å². The van der Waals surface area contributed by atoms with E-state index in [2.05, 4.69) is 16.3 Å². The molecule has 25 heavy (non-hydrogen) atoms. The molecule has 126 valence electrons. The molecule has 1 saturated carbocycles. The van der Waals surface area contributed by atoms with Crippen LogP contribution in [0.25, 0.3) is 5.65 Å². The number of benzene rings is 1. The van der Waals surface area contributed by atoms with Gasteiger partial charge in [-0.3, -0.25) is 4.40 Å². The number of hydrogen-bond donors (Lipinski definition) is 1. The molecule has 0 bridgehead atoms. The molecule has 0 radical (unpaired) electrons. The fourth-order valence-electron chi connectivity index (χ4n) is 3.63. The molecule has 1 aromatic carbocycles. The van der Waals surface area contributed by atoms with Gasteiger partial charge in [-0.2, -0.15) is 5.26 Å². The largest absolute Gasteiger partial charge is 0.386 e. The highest BCUT2D eigenvalue weighted by molar-refractivity contribution is 5.55. The van der Waals surface area contributed by atoms with E-state index in [0.717, 1.165) is 35.4 Å². The van der Waals surface area contributed by atoms with E-state index in [0.29, 0.717) is 11.2 Å². The average molecular weight is 332 g/mol. The lowest BCUT2D eigenvalue weighted by Gasteiger charge is -2.19. The minimum absolute atomic E-state index is 0.267. The van der Waals surface area contributed by atoms with E-state index in [1.807, 2.05) is 47.9 Å². The van der Waals surface area contributed by atoms with Gasteiger partial charge in [0.05, 0.1) is 22.6 Å². The predicted octanol–water partition coefficient (Wildman–Crippen LogP) is 3.22. The van der Waals surface area contributed by atoms with Crippen molar-refractivity contribution in [3.05, 3.63) is 64.6 Å². The van der Waals surface area contributed by atoms with Crippen molar-refractivity contribution in [3.63, 3.8) is 0 Å². The summed E-state index contributed by atoms with van der Waals surface area (Å²) in [6, 6.07) is 12.1. The van der Waals surface area contributed by atoms with Gasteiger partial charge in [0, 0.05) is 11.8 Å². The maximum atomic E-state index is 10.4. The molecule has 2 heterocycles. The second-order valence-corrected chi connectivity index (χ2v) is 7.44. The SMILES string of the molecule is Cc1ccc(C2(c3nnc4c(C(C)(C)O)cccn34)CC2)c(C#N)c1. The van der Waals surface area contributed by atoms with Crippen molar-refractivity contribution in [1.29, 1.82) is 5.26 Å². The minimum atomic E-state index is -0.995. The summed E-state index contributed by atoms with van der Waals surface area (Å²) in [5, 5.41) is 28.8. The Morgan fingerprint density at radius 3 is 2.64 bits per heavy atom. The smallest absolute Gasteiger partial charge is 0.166 e. The number of nitriles is 1. The normalized spacial score (nSPS) is 16.0. The Labute approximate surface area is 146 Å². The summed E-state index contributed by atoms with van der Waals surface area (Å²) in [4.78, 5) is 0. The first kappa shape index (κ1) is 15.8. The van der Waals surface area contributed by atoms with Crippen LogP contribution < -0.4 is 0 Å². The zero-order chi connectivity index (χ0) is 17.8. The van der Waals surface area contributed by atoms with Gasteiger partial charge in [0.25, 0.3) is 0 Å². The van der Waals surface area contributed by atoms with E-state index in [1.54, 1.807) is 13.8 Å². The Kier molecular flexibility index (Phi) is 3.25. The highest BCUT2D eigenvalue weighted by atomic mass is 16.3. The third-order valence-corrected chi connectivity index (χ3v) is 5.08. The molecule has 1 aliphatic rings. The van der Waals surface area contributed by atoms with Crippen LogP contribution in [0.2, 0.25) is 0 Å². The summed E-state index contributed by atoms with van der Waals surface area (Å²) in [7, 11) is 0. The van der Waals surface area contributed by atoms with E-state index in [-0.39, 0.29) is 5.41 Å². The molecule has 0 aliphatic heterocycles. The third-order valence-electron chi connectivity index (χ3n) is 5.08. The number of rotatable bonds is 3. The van der Waals surface area contributed by atoms with Crippen molar-refractivity contribution in [1.82, 2.24) is 14.6 Å². The molecule has 2 aromatic heterocycles. The topological polar surface area (TPSA) is 74.2 Å². The van der Waals surface area contributed by atoms with E-state index in [9.17, 15) is 10.4 Å². The molecule has 0 amide bonds. The second kappa shape index (κ2) is 5.14. The van der Waals surface area contributed by atoms with Crippen LogP contribution in [-0.2, 0) is 11.0 Å². The van der Waals surface area contributed by atoms with Gasteiger partial charge in [0.15, 0.2) is 5.65 Å². The van der Waals surface area contributed by atoms with Crippen molar-refractivity contribution in [2.45, 2.75) is 44.6 Å². The first-order valence-corrected chi connectivity index (χ1v) is 8.45. The Bertz CT molecular complexity index is 1020. The van der Waals surface area contributed by atoms with Gasteiger partial charge in [-0.05, 0) is 56.9 Å². The molecule has 0 unspecified atom stereocenters. The fraction of sp³-hybridized carbons (Fsp3) is 0.350. The summed E-state index contributed by atoms with van der Waals surface area (Å²) in [5.74, 6) is 0.842. The molecule has 0 atom stereocenters. The van der Waals surface area contributed by atoms with Gasteiger partial charge in [-0.1, -0.05) is 18.2 Å². The first-order chi connectivity index (χ1) is 11.9. The van der Waals surface area contributed by atoms with Crippen molar-refractivity contribution >= 4 is 5.65 Å². The van der Waals surface area contributed by atoms with Crippen LogP contribution in [0.3, 0.4) is 0 Å². The van der Waals surface area contributed by atoms with Crippen LogP contribution in [0.1, 0.15) is 54.8 Å². The first-order valence-electron chi connectivity index (χ1n) is 8.45. The van der Waals surface area contributed by atoms with Gasteiger partial charge >= 0.3 is 0 Å². The molecule has 1 fully saturated rings. The van der Waals surface area contributed by atoms with Crippen LogP contribution in [0.15, 0.2) is 36.5 Å². The number of nitrogens with zero attached hydrogens (tertiary/aromatic N) is 4. The van der Waals surface area contributed by atoms with Crippen molar-refractivity contribution < 1.29 is 5.11 Å². The molecule has 1 aliphatic carbocycles. The minimum Gasteiger partial charge on any atom is -0.386 e. The van der Waals surface area contributed by atoms with E-state index in [1.165, 1.54) is 0 Å². The maximum Gasteiger partial charge on any atom is 0.166 e. The zero-order valence-electron chi connectivity index (χ0n) is 14.6. The fourth-order valence-corrected chi connectivity index (χ4v) is 3.63. The molecule has 3 aromatic rings. The lowest BCUT2D eigenvalue weighted by atomic mass is 9.89. The molecular formula is C20H20N4O. The number of fused-ring (bicyclic) bond motifs is 1. The van der Waals surface area contributed by atoms with Gasteiger partial charge in [0.2, 0.25) is 0 Å². The highest BCUT2D eigenvalue weighted by Gasteiger charge is 2.51. The number of aromatic nitrogens is 3. The molecule has 0 saturated heterocycles. The van der Waals surface area contributed by atoms with Crippen molar-refractivity contribution in [2.24, 2.45) is 0 Å². The van der Waals surface area contributed by atoms with Crippen LogP contribution in [0.5, 0.6) is 0 Å². The van der Waals surface area contributed by atoms with E-state index in [4.69, 9.17) is 0 Å². The lowest BCUT2D eigenvalue weighted by Crippen LogP contribution is -2.18. The molecule has 1 N–H and O–H groups in total. The Balaban J connectivity index is 1.93. The number of aliphatic hydroxyl groups is 1. The van der Waals surface area contributed by atoms with Gasteiger partial charge in [-0.15, -0.1) is 10.2 Å². The predicted molar refractivity (Wildman–Crippen MR) is 94.1 cm³/mol. The van der Waals surface area contributed by atoms with Crippen LogP contribution in [0.4, 0.5) is 0 Å². The molecular weight excluding hydrogens is 312 g/mol. The van der Waals surface area contributed by atoms with Crippen molar-refractivity contribution in [3.8, 4) is 6.07 Å². The average Bonchev–Trinajstić information content (AvgIpc) is 3.25. The molecule has 4 rings (SSSR count).